The summed E-state index contributed by atoms with van der Waals surface area (Å²) in [5.41, 5.74) is 3.79. The normalized spacial score (nSPS) is 13.3. The minimum absolute atomic E-state index is 0.897. The molecule has 1 aliphatic heterocycles. The molecule has 6 heteroatoms. The molecule has 1 aliphatic rings. The van der Waals surface area contributed by atoms with Gasteiger partial charge in [-0.2, -0.15) is 0 Å². The molecule has 28 heavy (non-hydrogen) atoms. The van der Waals surface area contributed by atoms with Crippen LogP contribution in [0.2, 0.25) is 0 Å². The molecule has 0 amide bonds. The Balaban J connectivity index is 0.000000216. The van der Waals surface area contributed by atoms with Crippen LogP contribution in [0.3, 0.4) is 0 Å². The fraction of sp³-hybridized carbons (Fsp3) is 0.409. The number of aromatic nitrogens is 2. The van der Waals surface area contributed by atoms with E-state index < -0.39 is 0 Å². The summed E-state index contributed by atoms with van der Waals surface area (Å²) in [4.78, 5) is 19.2. The standard InChI is InChI=1S/C14H18N2S.C7H10N2.CH2O/c1-2-11-6-7-12-13(10-11)17-14(15-12)16-8-4-3-5-9-16;1-8-5-7-3-2-4-9-6-7;1-2/h6-7,10H,2-5,8-9H2,1H3;2-4,6,8H,5H2,1H3;1H2. The molecule has 2 aromatic heterocycles. The van der Waals surface area contributed by atoms with Gasteiger partial charge in [0.25, 0.3) is 0 Å². The van der Waals surface area contributed by atoms with Crippen molar-refractivity contribution in [1.82, 2.24) is 15.3 Å². The Hall–Kier alpha value is -2.31. The van der Waals surface area contributed by atoms with Crippen molar-refractivity contribution in [2.75, 3.05) is 25.0 Å². The van der Waals surface area contributed by atoms with E-state index in [1.165, 1.54) is 53.3 Å². The SMILES string of the molecule is C=O.CCc1ccc2nc(N3CCCCC3)sc2c1.CNCc1cccnc1. The van der Waals surface area contributed by atoms with Crippen molar-refractivity contribution in [3.8, 4) is 0 Å². The summed E-state index contributed by atoms with van der Waals surface area (Å²) in [7, 11) is 1.92. The van der Waals surface area contributed by atoms with Crippen LogP contribution in [-0.2, 0) is 17.8 Å². The Morgan fingerprint density at radius 2 is 1.93 bits per heavy atom. The highest BCUT2D eigenvalue weighted by atomic mass is 32.1. The zero-order chi connectivity index (χ0) is 20.2. The van der Waals surface area contributed by atoms with Crippen LogP contribution in [0.1, 0.15) is 37.3 Å². The molecule has 1 saturated heterocycles. The number of pyridine rings is 1. The van der Waals surface area contributed by atoms with Crippen molar-refractivity contribution in [3.05, 3.63) is 53.9 Å². The van der Waals surface area contributed by atoms with Crippen LogP contribution in [0.25, 0.3) is 10.2 Å². The monoisotopic (exact) mass is 398 g/mol. The number of rotatable bonds is 4. The molecular weight excluding hydrogens is 368 g/mol. The fourth-order valence-corrected chi connectivity index (χ4v) is 4.18. The number of hydrogen-bond acceptors (Lipinski definition) is 6. The van der Waals surface area contributed by atoms with E-state index in [0.717, 1.165) is 18.5 Å². The first-order chi connectivity index (χ1) is 13.8. The number of hydrogen-bond donors (Lipinski definition) is 1. The summed E-state index contributed by atoms with van der Waals surface area (Å²) in [6.45, 7) is 7.46. The zero-order valence-electron chi connectivity index (χ0n) is 16.9. The molecule has 0 saturated carbocycles. The number of carbonyl (C=O) groups excluding carboxylic acids is 1. The average Bonchev–Trinajstić information content (AvgIpc) is 3.20. The number of nitrogens with one attached hydrogen (secondary N) is 1. The van der Waals surface area contributed by atoms with Crippen molar-refractivity contribution >= 4 is 33.5 Å². The number of aryl methyl sites for hydroxylation is 1. The molecule has 1 aromatic carbocycles. The van der Waals surface area contributed by atoms with Gasteiger partial charge >= 0.3 is 0 Å². The van der Waals surface area contributed by atoms with Crippen LogP contribution in [-0.4, -0.2) is 36.9 Å². The van der Waals surface area contributed by atoms with Gasteiger partial charge in [-0.25, -0.2) is 4.98 Å². The Bertz CT molecular complexity index is 816. The molecule has 0 aliphatic carbocycles. The molecule has 1 fully saturated rings. The number of piperidine rings is 1. The second-order valence-corrected chi connectivity index (χ2v) is 7.60. The van der Waals surface area contributed by atoms with E-state index in [9.17, 15) is 0 Å². The van der Waals surface area contributed by atoms with Crippen LogP contribution in [0.15, 0.2) is 42.7 Å². The topological polar surface area (TPSA) is 58.1 Å². The van der Waals surface area contributed by atoms with Crippen molar-refractivity contribution in [3.63, 3.8) is 0 Å². The maximum Gasteiger partial charge on any atom is 0.186 e. The lowest BCUT2D eigenvalue weighted by atomic mass is 10.1. The lowest BCUT2D eigenvalue weighted by molar-refractivity contribution is -0.0979. The third-order valence-corrected chi connectivity index (χ3v) is 5.66. The molecule has 1 N–H and O–H groups in total. The Morgan fingerprint density at radius 1 is 1.14 bits per heavy atom. The smallest absolute Gasteiger partial charge is 0.186 e. The Morgan fingerprint density at radius 3 is 2.57 bits per heavy atom. The third-order valence-electron chi connectivity index (χ3n) is 4.58. The van der Waals surface area contributed by atoms with Gasteiger partial charge in [0, 0.05) is 32.0 Å². The number of anilines is 1. The maximum atomic E-state index is 8.00. The number of carbonyl (C=O) groups is 1. The molecule has 0 atom stereocenters. The molecular formula is C22H30N4OS. The quantitative estimate of drug-likeness (QED) is 0.703. The fourth-order valence-electron chi connectivity index (χ4n) is 3.10. The molecule has 0 spiro atoms. The van der Waals surface area contributed by atoms with Gasteiger partial charge in [-0.1, -0.05) is 30.4 Å². The van der Waals surface area contributed by atoms with Gasteiger partial charge in [0.15, 0.2) is 5.13 Å². The molecule has 0 bridgehead atoms. The van der Waals surface area contributed by atoms with Crippen LogP contribution in [0, 0.1) is 0 Å². The van der Waals surface area contributed by atoms with Gasteiger partial charge in [-0.3, -0.25) is 4.98 Å². The highest BCUT2D eigenvalue weighted by Crippen LogP contribution is 2.31. The van der Waals surface area contributed by atoms with Gasteiger partial charge in [-0.15, -0.1) is 0 Å². The van der Waals surface area contributed by atoms with Crippen molar-refractivity contribution < 1.29 is 4.79 Å². The van der Waals surface area contributed by atoms with Crippen molar-refractivity contribution in [2.45, 2.75) is 39.2 Å². The first kappa shape index (κ1) is 22.0. The predicted octanol–water partition coefficient (Wildman–Crippen LogP) is 4.47. The molecule has 0 unspecified atom stereocenters. The molecule has 3 aromatic rings. The predicted molar refractivity (Wildman–Crippen MR) is 119 cm³/mol. The van der Waals surface area contributed by atoms with Gasteiger partial charge in [0.2, 0.25) is 0 Å². The van der Waals surface area contributed by atoms with Crippen LogP contribution >= 0.6 is 11.3 Å². The molecule has 3 heterocycles. The number of benzene rings is 1. The van der Waals surface area contributed by atoms with Crippen molar-refractivity contribution in [1.29, 1.82) is 0 Å². The first-order valence-electron chi connectivity index (χ1n) is 9.77. The van der Waals surface area contributed by atoms with Crippen LogP contribution in [0.5, 0.6) is 0 Å². The lowest BCUT2D eigenvalue weighted by Crippen LogP contribution is -2.29. The minimum atomic E-state index is 0.897. The average molecular weight is 399 g/mol. The van der Waals surface area contributed by atoms with E-state index in [1.807, 2.05) is 43.5 Å². The molecule has 150 valence electrons. The number of nitrogens with zero attached hydrogens (tertiary/aromatic N) is 3. The summed E-state index contributed by atoms with van der Waals surface area (Å²) >= 11 is 1.85. The summed E-state index contributed by atoms with van der Waals surface area (Å²) in [6.07, 6.45) is 8.75. The largest absolute Gasteiger partial charge is 0.348 e. The zero-order valence-corrected chi connectivity index (χ0v) is 17.7. The van der Waals surface area contributed by atoms with E-state index in [-0.39, 0.29) is 0 Å². The van der Waals surface area contributed by atoms with E-state index in [1.54, 1.807) is 6.20 Å². The summed E-state index contributed by atoms with van der Waals surface area (Å²) in [5, 5.41) is 4.26. The molecule has 5 nitrogen and oxygen atoms in total. The first-order valence-corrected chi connectivity index (χ1v) is 10.6. The molecule has 4 rings (SSSR count). The van der Waals surface area contributed by atoms with E-state index in [4.69, 9.17) is 9.78 Å². The second-order valence-electron chi connectivity index (χ2n) is 6.59. The van der Waals surface area contributed by atoms with Gasteiger partial charge in [0.1, 0.15) is 6.79 Å². The maximum absolute atomic E-state index is 8.00. The van der Waals surface area contributed by atoms with E-state index in [2.05, 4.69) is 40.3 Å². The Kier molecular flexibility index (Phi) is 9.59. The summed E-state index contributed by atoms with van der Waals surface area (Å²) in [5.74, 6) is 0. The van der Waals surface area contributed by atoms with Crippen LogP contribution in [0.4, 0.5) is 5.13 Å². The summed E-state index contributed by atoms with van der Waals surface area (Å²) in [6, 6.07) is 10.6. The molecule has 0 radical (unpaired) electrons. The van der Waals surface area contributed by atoms with Gasteiger partial charge in [-0.05, 0) is 62.1 Å². The lowest BCUT2D eigenvalue weighted by Gasteiger charge is -2.25. The number of thiazole rings is 1. The van der Waals surface area contributed by atoms with E-state index >= 15 is 0 Å². The second kappa shape index (κ2) is 12.2. The highest BCUT2D eigenvalue weighted by Gasteiger charge is 2.14. The van der Waals surface area contributed by atoms with Crippen LogP contribution < -0.4 is 10.2 Å². The van der Waals surface area contributed by atoms with E-state index in [0.29, 0.717) is 0 Å². The van der Waals surface area contributed by atoms with Crippen molar-refractivity contribution in [2.24, 2.45) is 0 Å². The Labute approximate surface area is 171 Å². The summed E-state index contributed by atoms with van der Waals surface area (Å²) < 4.78 is 1.34. The van der Waals surface area contributed by atoms with Gasteiger partial charge < -0.3 is 15.0 Å². The minimum Gasteiger partial charge on any atom is -0.348 e. The third kappa shape index (κ3) is 6.39. The highest BCUT2D eigenvalue weighted by molar-refractivity contribution is 7.22. The number of fused-ring (bicyclic) bond motifs is 1. The van der Waals surface area contributed by atoms with Gasteiger partial charge in [0.05, 0.1) is 10.2 Å².